The maximum atomic E-state index is 12.2. The van der Waals surface area contributed by atoms with E-state index in [1.54, 1.807) is 29.9 Å². The molecular formula is C15H14ClN3O. The van der Waals surface area contributed by atoms with Gasteiger partial charge in [-0.25, -0.2) is 0 Å². The molecule has 5 heteroatoms. The van der Waals surface area contributed by atoms with Crippen molar-refractivity contribution in [1.82, 2.24) is 9.88 Å². The normalized spacial score (nSPS) is 11.7. The summed E-state index contributed by atoms with van der Waals surface area (Å²) in [6.07, 6.45) is 1.62. The van der Waals surface area contributed by atoms with Gasteiger partial charge in [-0.3, -0.25) is 4.79 Å². The number of amides is 1. The molecule has 0 saturated heterocycles. The van der Waals surface area contributed by atoms with Crippen LogP contribution in [0.4, 0.5) is 0 Å². The number of nitriles is 1. The van der Waals surface area contributed by atoms with Crippen molar-refractivity contribution in [1.29, 1.82) is 5.26 Å². The van der Waals surface area contributed by atoms with Crippen molar-refractivity contribution in [3.63, 3.8) is 0 Å². The highest BCUT2D eigenvalue weighted by Crippen LogP contribution is 2.18. The molecule has 102 valence electrons. The minimum Gasteiger partial charge on any atom is -0.345 e. The first-order valence-corrected chi connectivity index (χ1v) is 6.52. The molecule has 1 aromatic heterocycles. The summed E-state index contributed by atoms with van der Waals surface area (Å²) in [6, 6.07) is 10.8. The number of hydrogen-bond acceptors (Lipinski definition) is 2. The Kier molecular flexibility index (Phi) is 4.11. The first-order chi connectivity index (χ1) is 9.51. The van der Waals surface area contributed by atoms with Gasteiger partial charge >= 0.3 is 0 Å². The van der Waals surface area contributed by atoms with E-state index in [1.807, 2.05) is 31.2 Å². The summed E-state index contributed by atoms with van der Waals surface area (Å²) in [5.41, 5.74) is 1.85. The molecule has 0 aliphatic carbocycles. The number of rotatable bonds is 3. The molecular weight excluding hydrogens is 274 g/mol. The Morgan fingerprint density at radius 3 is 2.80 bits per heavy atom. The van der Waals surface area contributed by atoms with E-state index in [9.17, 15) is 4.79 Å². The summed E-state index contributed by atoms with van der Waals surface area (Å²) in [6.45, 7) is 1.89. The highest BCUT2D eigenvalue weighted by molar-refractivity contribution is 6.30. The van der Waals surface area contributed by atoms with E-state index >= 15 is 0 Å². The molecule has 20 heavy (non-hydrogen) atoms. The number of aromatic nitrogens is 1. The van der Waals surface area contributed by atoms with Gasteiger partial charge in [0, 0.05) is 18.3 Å². The van der Waals surface area contributed by atoms with E-state index in [-0.39, 0.29) is 11.9 Å². The maximum absolute atomic E-state index is 12.2. The fourth-order valence-corrected chi connectivity index (χ4v) is 2.18. The van der Waals surface area contributed by atoms with Gasteiger partial charge in [-0.05, 0) is 30.7 Å². The van der Waals surface area contributed by atoms with Crippen molar-refractivity contribution in [2.45, 2.75) is 13.0 Å². The van der Waals surface area contributed by atoms with Crippen LogP contribution in [0, 0.1) is 11.3 Å². The lowest BCUT2D eigenvalue weighted by Gasteiger charge is -2.14. The molecule has 0 saturated carbocycles. The summed E-state index contributed by atoms with van der Waals surface area (Å²) >= 11 is 5.94. The third-order valence-electron chi connectivity index (χ3n) is 3.06. The SMILES string of the molecule is C[C@H](NC(=O)c1cc(C#N)cn1C)c1cccc(Cl)c1. The molecule has 1 aromatic carbocycles. The third kappa shape index (κ3) is 3.01. The zero-order valence-corrected chi connectivity index (χ0v) is 12.0. The zero-order valence-electron chi connectivity index (χ0n) is 11.2. The van der Waals surface area contributed by atoms with Crippen LogP contribution in [0.1, 0.15) is 34.6 Å². The molecule has 2 aromatic rings. The van der Waals surface area contributed by atoms with Crippen LogP contribution in [0.5, 0.6) is 0 Å². The summed E-state index contributed by atoms with van der Waals surface area (Å²) in [7, 11) is 1.74. The molecule has 0 aliphatic heterocycles. The second-order valence-corrected chi connectivity index (χ2v) is 5.02. The van der Waals surface area contributed by atoms with E-state index < -0.39 is 0 Å². The van der Waals surface area contributed by atoms with E-state index in [2.05, 4.69) is 5.32 Å². The molecule has 2 rings (SSSR count). The Hall–Kier alpha value is -2.25. The summed E-state index contributed by atoms with van der Waals surface area (Å²) in [4.78, 5) is 12.2. The number of hydrogen-bond donors (Lipinski definition) is 1. The predicted molar refractivity (Wildman–Crippen MR) is 77.5 cm³/mol. The van der Waals surface area contributed by atoms with E-state index in [4.69, 9.17) is 16.9 Å². The van der Waals surface area contributed by atoms with Crippen molar-refractivity contribution >= 4 is 17.5 Å². The quantitative estimate of drug-likeness (QED) is 0.943. The van der Waals surface area contributed by atoms with Crippen molar-refractivity contribution in [3.8, 4) is 6.07 Å². The number of benzene rings is 1. The molecule has 1 N–H and O–H groups in total. The molecule has 0 bridgehead atoms. The predicted octanol–water partition coefficient (Wildman–Crippen LogP) is 3.04. The van der Waals surface area contributed by atoms with Crippen molar-refractivity contribution < 1.29 is 4.79 Å². The second-order valence-electron chi connectivity index (χ2n) is 4.59. The number of nitrogens with zero attached hydrogens (tertiary/aromatic N) is 2. The molecule has 0 spiro atoms. The highest BCUT2D eigenvalue weighted by atomic mass is 35.5. The van der Waals surface area contributed by atoms with Crippen molar-refractivity contribution in [3.05, 3.63) is 58.4 Å². The van der Waals surface area contributed by atoms with Crippen LogP contribution in [-0.4, -0.2) is 10.5 Å². The Balaban J connectivity index is 2.15. The van der Waals surface area contributed by atoms with Gasteiger partial charge in [0.25, 0.3) is 5.91 Å². The number of carbonyl (C=O) groups is 1. The summed E-state index contributed by atoms with van der Waals surface area (Å²) in [5.74, 6) is -0.221. The minimum absolute atomic E-state index is 0.165. The topological polar surface area (TPSA) is 57.8 Å². The number of nitrogens with one attached hydrogen (secondary N) is 1. The van der Waals surface area contributed by atoms with Crippen LogP contribution < -0.4 is 5.32 Å². The monoisotopic (exact) mass is 287 g/mol. The summed E-state index contributed by atoms with van der Waals surface area (Å²) in [5, 5.41) is 12.4. The molecule has 1 atom stereocenters. The fourth-order valence-electron chi connectivity index (χ4n) is 1.98. The Morgan fingerprint density at radius 2 is 2.20 bits per heavy atom. The number of aryl methyl sites for hydroxylation is 1. The number of halogens is 1. The molecule has 1 amide bonds. The maximum Gasteiger partial charge on any atom is 0.268 e. The zero-order chi connectivity index (χ0) is 14.7. The average Bonchev–Trinajstić information content (AvgIpc) is 2.80. The average molecular weight is 288 g/mol. The van der Waals surface area contributed by atoms with Crippen molar-refractivity contribution in [2.75, 3.05) is 0 Å². The lowest BCUT2D eigenvalue weighted by atomic mass is 10.1. The van der Waals surface area contributed by atoms with Crippen LogP contribution in [-0.2, 0) is 7.05 Å². The van der Waals surface area contributed by atoms with Gasteiger partial charge in [-0.1, -0.05) is 23.7 Å². The Labute approximate surface area is 122 Å². The van der Waals surface area contributed by atoms with Crippen LogP contribution in [0.15, 0.2) is 36.5 Å². The lowest BCUT2D eigenvalue weighted by molar-refractivity contribution is 0.0931. The van der Waals surface area contributed by atoms with E-state index in [0.717, 1.165) is 5.56 Å². The van der Waals surface area contributed by atoms with Crippen LogP contribution in [0.3, 0.4) is 0 Å². The smallest absolute Gasteiger partial charge is 0.268 e. The molecule has 0 fully saturated rings. The highest BCUT2D eigenvalue weighted by Gasteiger charge is 2.15. The Morgan fingerprint density at radius 1 is 1.45 bits per heavy atom. The first-order valence-electron chi connectivity index (χ1n) is 6.14. The van der Waals surface area contributed by atoms with Gasteiger partial charge in [-0.2, -0.15) is 5.26 Å². The van der Waals surface area contributed by atoms with Gasteiger partial charge in [0.2, 0.25) is 0 Å². The van der Waals surface area contributed by atoms with Crippen LogP contribution in [0.25, 0.3) is 0 Å². The standard InChI is InChI=1S/C15H14ClN3O/c1-10(12-4-3-5-13(16)7-12)18-15(20)14-6-11(8-17)9-19(14)2/h3-7,9-10H,1-2H3,(H,18,20)/t10-/m0/s1. The van der Waals surface area contributed by atoms with E-state index in [0.29, 0.717) is 16.3 Å². The third-order valence-corrected chi connectivity index (χ3v) is 3.30. The van der Waals surface area contributed by atoms with Gasteiger partial charge in [0.1, 0.15) is 11.8 Å². The molecule has 0 unspecified atom stereocenters. The molecule has 0 aliphatic rings. The Bertz CT molecular complexity index is 685. The van der Waals surface area contributed by atoms with Gasteiger partial charge in [0.15, 0.2) is 0 Å². The molecule has 4 nitrogen and oxygen atoms in total. The van der Waals surface area contributed by atoms with Crippen LogP contribution in [0.2, 0.25) is 5.02 Å². The lowest BCUT2D eigenvalue weighted by Crippen LogP contribution is -2.28. The van der Waals surface area contributed by atoms with Crippen LogP contribution >= 0.6 is 11.6 Å². The summed E-state index contributed by atoms with van der Waals surface area (Å²) < 4.78 is 1.64. The van der Waals surface area contributed by atoms with Gasteiger partial charge < -0.3 is 9.88 Å². The molecule has 1 heterocycles. The minimum atomic E-state index is -0.221. The first kappa shape index (κ1) is 14.2. The second kappa shape index (κ2) is 5.81. The van der Waals surface area contributed by atoms with Crippen molar-refractivity contribution in [2.24, 2.45) is 7.05 Å². The van der Waals surface area contributed by atoms with Gasteiger partial charge in [0.05, 0.1) is 11.6 Å². The van der Waals surface area contributed by atoms with Gasteiger partial charge in [-0.15, -0.1) is 0 Å². The van der Waals surface area contributed by atoms with E-state index in [1.165, 1.54) is 0 Å². The molecule has 0 radical (unpaired) electrons. The largest absolute Gasteiger partial charge is 0.345 e. The fraction of sp³-hybridized carbons (Fsp3) is 0.200. The number of carbonyl (C=O) groups excluding carboxylic acids is 1.